The second kappa shape index (κ2) is 6.03. The smallest absolute Gasteiger partial charge is 0.308 e. The Balaban J connectivity index is 1.99. The molecule has 0 saturated carbocycles. The first kappa shape index (κ1) is 15.8. The molecular formula is C15H24N2O4. The Morgan fingerprint density at radius 1 is 1.38 bits per heavy atom. The molecule has 0 spiro atoms. The van der Waals surface area contributed by atoms with Crippen LogP contribution in [0.25, 0.3) is 0 Å². The van der Waals surface area contributed by atoms with Crippen LogP contribution >= 0.6 is 0 Å². The highest BCUT2D eigenvalue weighted by molar-refractivity contribution is 5.90. The molecule has 3 unspecified atom stereocenters. The van der Waals surface area contributed by atoms with Crippen molar-refractivity contribution >= 4 is 17.8 Å². The quantitative estimate of drug-likeness (QED) is 0.833. The van der Waals surface area contributed by atoms with Gasteiger partial charge in [0.1, 0.15) is 0 Å². The zero-order valence-electron chi connectivity index (χ0n) is 12.9. The standard InChI is InChI=1S/C15H24N2O4/c1-9(2)7-16-8-11(6-13(16)18)14(19)17-5-4-12(10(17)3)15(20)21/h9-12H,4-8H2,1-3H3,(H,20,21). The van der Waals surface area contributed by atoms with E-state index < -0.39 is 11.9 Å². The van der Waals surface area contributed by atoms with Gasteiger partial charge in [-0.2, -0.15) is 0 Å². The SMILES string of the molecule is CC(C)CN1CC(C(=O)N2CCC(C(=O)O)C2C)CC1=O. The average molecular weight is 296 g/mol. The molecule has 0 radical (unpaired) electrons. The maximum Gasteiger partial charge on any atom is 0.308 e. The molecule has 2 heterocycles. The molecule has 2 aliphatic rings. The lowest BCUT2D eigenvalue weighted by molar-refractivity contribution is -0.143. The Hall–Kier alpha value is -1.59. The zero-order chi connectivity index (χ0) is 15.7. The molecule has 2 saturated heterocycles. The minimum Gasteiger partial charge on any atom is -0.481 e. The summed E-state index contributed by atoms with van der Waals surface area (Å²) in [6.07, 6.45) is 0.755. The summed E-state index contributed by atoms with van der Waals surface area (Å²) < 4.78 is 0. The summed E-state index contributed by atoms with van der Waals surface area (Å²) >= 11 is 0. The van der Waals surface area contributed by atoms with E-state index >= 15 is 0 Å². The fraction of sp³-hybridized carbons (Fsp3) is 0.800. The van der Waals surface area contributed by atoms with Gasteiger partial charge in [-0.3, -0.25) is 14.4 Å². The monoisotopic (exact) mass is 296 g/mol. The van der Waals surface area contributed by atoms with Crippen LogP contribution in [-0.4, -0.2) is 58.4 Å². The Kier molecular flexibility index (Phi) is 4.54. The van der Waals surface area contributed by atoms with Gasteiger partial charge in [0.05, 0.1) is 11.8 Å². The first-order valence-electron chi connectivity index (χ1n) is 7.62. The van der Waals surface area contributed by atoms with Crippen LogP contribution in [0.3, 0.4) is 0 Å². The summed E-state index contributed by atoms with van der Waals surface area (Å²) in [6, 6.07) is -0.288. The zero-order valence-corrected chi connectivity index (χ0v) is 12.9. The van der Waals surface area contributed by atoms with Crippen LogP contribution in [0.4, 0.5) is 0 Å². The molecule has 6 heteroatoms. The molecule has 2 rings (SSSR count). The molecule has 6 nitrogen and oxygen atoms in total. The number of hydrogen-bond acceptors (Lipinski definition) is 3. The Labute approximate surface area is 125 Å². The fourth-order valence-electron chi connectivity index (χ4n) is 3.37. The van der Waals surface area contributed by atoms with Gasteiger partial charge < -0.3 is 14.9 Å². The van der Waals surface area contributed by atoms with Crippen molar-refractivity contribution in [3.8, 4) is 0 Å². The van der Waals surface area contributed by atoms with E-state index in [0.29, 0.717) is 32.0 Å². The van der Waals surface area contributed by atoms with E-state index in [1.165, 1.54) is 0 Å². The highest BCUT2D eigenvalue weighted by atomic mass is 16.4. The molecule has 0 aliphatic carbocycles. The van der Waals surface area contributed by atoms with Crippen molar-refractivity contribution in [1.29, 1.82) is 0 Å². The highest BCUT2D eigenvalue weighted by Crippen LogP contribution is 2.29. The Bertz CT molecular complexity index is 449. The Morgan fingerprint density at radius 3 is 2.57 bits per heavy atom. The lowest BCUT2D eigenvalue weighted by atomic mass is 10.0. The van der Waals surface area contributed by atoms with E-state index in [1.54, 1.807) is 16.7 Å². The van der Waals surface area contributed by atoms with Crippen molar-refractivity contribution in [2.45, 2.75) is 39.7 Å². The van der Waals surface area contributed by atoms with Gasteiger partial charge in [-0.05, 0) is 19.3 Å². The third kappa shape index (κ3) is 3.19. The van der Waals surface area contributed by atoms with Crippen molar-refractivity contribution in [1.82, 2.24) is 9.80 Å². The first-order valence-corrected chi connectivity index (χ1v) is 7.62. The number of carboxylic acids is 1. The predicted octanol–water partition coefficient (Wildman–Crippen LogP) is 0.812. The van der Waals surface area contributed by atoms with Crippen LogP contribution in [0.1, 0.15) is 33.6 Å². The summed E-state index contributed by atoms with van der Waals surface area (Å²) in [5.41, 5.74) is 0. The number of carboxylic acid groups (broad SMARTS) is 1. The van der Waals surface area contributed by atoms with E-state index in [0.717, 1.165) is 0 Å². The van der Waals surface area contributed by atoms with Crippen molar-refractivity contribution in [2.75, 3.05) is 19.6 Å². The molecule has 0 bridgehead atoms. The van der Waals surface area contributed by atoms with Gasteiger partial charge in [0, 0.05) is 32.1 Å². The van der Waals surface area contributed by atoms with Gasteiger partial charge >= 0.3 is 5.97 Å². The van der Waals surface area contributed by atoms with Gasteiger partial charge in [-0.25, -0.2) is 0 Å². The van der Waals surface area contributed by atoms with Gasteiger partial charge in [-0.1, -0.05) is 13.8 Å². The van der Waals surface area contributed by atoms with Crippen LogP contribution in [-0.2, 0) is 14.4 Å². The largest absolute Gasteiger partial charge is 0.481 e. The van der Waals surface area contributed by atoms with E-state index in [9.17, 15) is 14.4 Å². The van der Waals surface area contributed by atoms with Gasteiger partial charge in [-0.15, -0.1) is 0 Å². The lowest BCUT2D eigenvalue weighted by Crippen LogP contribution is -2.42. The summed E-state index contributed by atoms with van der Waals surface area (Å²) in [5, 5.41) is 9.13. The second-order valence-corrected chi connectivity index (χ2v) is 6.60. The number of carbonyl (C=O) groups excluding carboxylic acids is 2. The molecule has 0 aromatic heterocycles. The van der Waals surface area contributed by atoms with E-state index in [1.807, 2.05) is 13.8 Å². The predicted molar refractivity (Wildman–Crippen MR) is 76.4 cm³/mol. The third-order valence-electron chi connectivity index (χ3n) is 4.50. The maximum atomic E-state index is 12.6. The molecule has 118 valence electrons. The molecule has 0 aromatic rings. The molecule has 21 heavy (non-hydrogen) atoms. The molecule has 3 atom stereocenters. The van der Waals surface area contributed by atoms with Crippen LogP contribution < -0.4 is 0 Å². The summed E-state index contributed by atoms with van der Waals surface area (Å²) in [6.45, 7) is 7.50. The Morgan fingerprint density at radius 2 is 2.05 bits per heavy atom. The van der Waals surface area contributed by atoms with Crippen LogP contribution in [0.2, 0.25) is 0 Å². The summed E-state index contributed by atoms with van der Waals surface area (Å²) in [7, 11) is 0. The lowest BCUT2D eigenvalue weighted by Gasteiger charge is -2.26. The molecule has 0 aromatic carbocycles. The van der Waals surface area contributed by atoms with E-state index in [2.05, 4.69) is 0 Å². The van der Waals surface area contributed by atoms with Crippen molar-refractivity contribution in [3.05, 3.63) is 0 Å². The van der Waals surface area contributed by atoms with Gasteiger partial charge in [0.2, 0.25) is 11.8 Å². The van der Waals surface area contributed by atoms with Crippen molar-refractivity contribution < 1.29 is 19.5 Å². The topological polar surface area (TPSA) is 77.9 Å². The van der Waals surface area contributed by atoms with Crippen molar-refractivity contribution in [2.24, 2.45) is 17.8 Å². The van der Waals surface area contributed by atoms with Gasteiger partial charge in [0.15, 0.2) is 0 Å². The summed E-state index contributed by atoms with van der Waals surface area (Å²) in [5.74, 6) is -1.30. The number of aliphatic carboxylic acids is 1. The van der Waals surface area contributed by atoms with Crippen LogP contribution in [0.15, 0.2) is 0 Å². The number of carbonyl (C=O) groups is 3. The number of likely N-dealkylation sites (tertiary alicyclic amines) is 2. The van der Waals surface area contributed by atoms with E-state index in [4.69, 9.17) is 5.11 Å². The van der Waals surface area contributed by atoms with Crippen molar-refractivity contribution in [3.63, 3.8) is 0 Å². The normalized spacial score (nSPS) is 29.5. The van der Waals surface area contributed by atoms with Crippen LogP contribution in [0, 0.1) is 17.8 Å². The first-order chi connectivity index (χ1) is 9.81. The number of hydrogen-bond donors (Lipinski definition) is 1. The second-order valence-electron chi connectivity index (χ2n) is 6.60. The minimum atomic E-state index is -0.846. The van der Waals surface area contributed by atoms with Crippen LogP contribution in [0.5, 0.6) is 0 Å². The van der Waals surface area contributed by atoms with E-state index in [-0.39, 0.29) is 30.2 Å². The minimum absolute atomic E-state index is 0.0312. The molecular weight excluding hydrogens is 272 g/mol. The number of amides is 2. The third-order valence-corrected chi connectivity index (χ3v) is 4.50. The maximum absolute atomic E-state index is 12.6. The summed E-state index contributed by atoms with van der Waals surface area (Å²) in [4.78, 5) is 39.0. The average Bonchev–Trinajstić information content (AvgIpc) is 2.92. The number of rotatable bonds is 4. The fourth-order valence-corrected chi connectivity index (χ4v) is 3.37. The van der Waals surface area contributed by atoms with Gasteiger partial charge in [0.25, 0.3) is 0 Å². The molecule has 2 aliphatic heterocycles. The molecule has 2 amide bonds. The molecule has 2 fully saturated rings. The number of nitrogens with zero attached hydrogens (tertiary/aromatic N) is 2. The molecule has 1 N–H and O–H groups in total. The highest BCUT2D eigenvalue weighted by Gasteiger charge is 2.43.